The maximum atomic E-state index is 12.4. The molecular weight excluding hydrogens is 242 g/mol. The highest BCUT2D eigenvalue weighted by Crippen LogP contribution is 2.26. The SMILES string of the molecule is COc1ccc2c(=O)c3c(O)cccc3n(C)c2c1. The number of rotatable bonds is 1. The lowest BCUT2D eigenvalue weighted by Crippen LogP contribution is -2.09. The van der Waals surface area contributed by atoms with Crippen molar-refractivity contribution in [3.05, 3.63) is 46.6 Å². The second kappa shape index (κ2) is 4.02. The Hall–Kier alpha value is -2.49. The Morgan fingerprint density at radius 1 is 1.16 bits per heavy atom. The minimum atomic E-state index is -0.163. The Bertz CT molecular complexity index is 849. The minimum absolute atomic E-state index is 0.0100. The first-order valence-electron chi connectivity index (χ1n) is 5.92. The first-order valence-corrected chi connectivity index (χ1v) is 5.92. The molecule has 1 N–H and O–H groups in total. The summed E-state index contributed by atoms with van der Waals surface area (Å²) in [6.07, 6.45) is 0. The summed E-state index contributed by atoms with van der Waals surface area (Å²) in [6, 6.07) is 10.4. The van der Waals surface area contributed by atoms with Crippen molar-refractivity contribution >= 4 is 21.8 Å². The Morgan fingerprint density at radius 2 is 1.95 bits per heavy atom. The summed E-state index contributed by atoms with van der Waals surface area (Å²) in [5.41, 5.74) is 1.32. The molecule has 1 aromatic heterocycles. The fraction of sp³-hybridized carbons (Fsp3) is 0.133. The van der Waals surface area contributed by atoms with E-state index in [-0.39, 0.29) is 11.2 Å². The van der Waals surface area contributed by atoms with Crippen LogP contribution >= 0.6 is 0 Å². The zero-order valence-electron chi connectivity index (χ0n) is 10.7. The van der Waals surface area contributed by atoms with Crippen molar-refractivity contribution in [1.82, 2.24) is 4.57 Å². The number of ether oxygens (including phenoxy) is 1. The van der Waals surface area contributed by atoms with Crippen molar-refractivity contribution in [2.24, 2.45) is 7.05 Å². The van der Waals surface area contributed by atoms with Crippen molar-refractivity contribution < 1.29 is 9.84 Å². The molecule has 4 heteroatoms. The second-order valence-corrected chi connectivity index (χ2v) is 4.44. The summed E-state index contributed by atoms with van der Waals surface area (Å²) in [6.45, 7) is 0. The first-order chi connectivity index (χ1) is 9.13. The molecule has 96 valence electrons. The van der Waals surface area contributed by atoms with Gasteiger partial charge in [-0.3, -0.25) is 4.79 Å². The van der Waals surface area contributed by atoms with Gasteiger partial charge >= 0.3 is 0 Å². The van der Waals surface area contributed by atoms with Gasteiger partial charge in [0, 0.05) is 18.5 Å². The van der Waals surface area contributed by atoms with E-state index in [4.69, 9.17) is 4.74 Å². The molecule has 0 saturated heterocycles. The molecule has 3 aromatic rings. The normalized spacial score (nSPS) is 11.1. The zero-order chi connectivity index (χ0) is 13.6. The van der Waals surface area contributed by atoms with Crippen LogP contribution in [0.1, 0.15) is 0 Å². The van der Waals surface area contributed by atoms with Crippen LogP contribution in [0.15, 0.2) is 41.2 Å². The van der Waals surface area contributed by atoms with Crippen LogP contribution < -0.4 is 10.2 Å². The summed E-state index contributed by atoms with van der Waals surface area (Å²) in [5, 5.41) is 10.8. The van der Waals surface area contributed by atoms with Crippen molar-refractivity contribution in [1.29, 1.82) is 0 Å². The van der Waals surface area contributed by atoms with E-state index in [1.54, 1.807) is 25.3 Å². The van der Waals surface area contributed by atoms with Crippen molar-refractivity contribution in [3.8, 4) is 11.5 Å². The van der Waals surface area contributed by atoms with Crippen molar-refractivity contribution in [2.45, 2.75) is 0 Å². The van der Waals surface area contributed by atoms with Crippen molar-refractivity contribution in [3.63, 3.8) is 0 Å². The molecule has 0 atom stereocenters. The number of fused-ring (bicyclic) bond motifs is 2. The third kappa shape index (κ3) is 1.57. The molecule has 0 fully saturated rings. The Balaban J connectivity index is 2.61. The molecule has 0 bridgehead atoms. The van der Waals surface area contributed by atoms with Gasteiger partial charge in [0.2, 0.25) is 5.43 Å². The average molecular weight is 255 g/mol. The van der Waals surface area contributed by atoms with Crippen LogP contribution in [-0.4, -0.2) is 16.8 Å². The van der Waals surface area contributed by atoms with Crippen LogP contribution in [0.5, 0.6) is 11.5 Å². The number of methoxy groups -OCH3 is 1. The van der Waals surface area contributed by atoms with E-state index >= 15 is 0 Å². The van der Waals surface area contributed by atoms with Crippen molar-refractivity contribution in [2.75, 3.05) is 7.11 Å². The number of hydrogen-bond donors (Lipinski definition) is 1. The van der Waals surface area contributed by atoms with E-state index < -0.39 is 0 Å². The maximum Gasteiger partial charge on any atom is 0.200 e. The van der Waals surface area contributed by atoms with Gasteiger partial charge in [-0.25, -0.2) is 0 Å². The summed E-state index contributed by atoms with van der Waals surface area (Å²) >= 11 is 0. The van der Waals surface area contributed by atoms with Crippen LogP contribution in [0.4, 0.5) is 0 Å². The predicted molar refractivity (Wildman–Crippen MR) is 74.9 cm³/mol. The number of aromatic nitrogens is 1. The number of phenolic OH excluding ortho intramolecular Hbond substituents is 1. The standard InChI is InChI=1S/C15H13NO3/c1-16-11-4-3-5-13(17)14(11)15(18)10-7-6-9(19-2)8-12(10)16/h3-8,17H,1-2H3. The molecule has 0 amide bonds. The Morgan fingerprint density at radius 3 is 2.68 bits per heavy atom. The van der Waals surface area contributed by atoms with Gasteiger partial charge in [-0.05, 0) is 24.3 Å². The largest absolute Gasteiger partial charge is 0.507 e. The smallest absolute Gasteiger partial charge is 0.200 e. The van der Waals surface area contributed by atoms with Gasteiger partial charge in [-0.2, -0.15) is 0 Å². The Labute approximate surface area is 109 Å². The van der Waals surface area contributed by atoms with Gasteiger partial charge in [0.1, 0.15) is 11.5 Å². The quantitative estimate of drug-likeness (QED) is 0.679. The molecule has 0 aliphatic rings. The molecule has 1 heterocycles. The maximum absolute atomic E-state index is 12.4. The number of phenols is 1. The molecule has 0 radical (unpaired) electrons. The third-order valence-electron chi connectivity index (χ3n) is 3.42. The van der Waals surface area contributed by atoms with Crippen LogP contribution in [0.3, 0.4) is 0 Å². The molecule has 2 aromatic carbocycles. The van der Waals surface area contributed by atoms with Crippen LogP contribution in [0.25, 0.3) is 21.8 Å². The fourth-order valence-electron chi connectivity index (χ4n) is 2.41. The van der Waals surface area contributed by atoms with Gasteiger partial charge in [-0.1, -0.05) is 6.07 Å². The Kier molecular flexibility index (Phi) is 2.45. The summed E-state index contributed by atoms with van der Waals surface area (Å²) in [7, 11) is 3.45. The highest BCUT2D eigenvalue weighted by Gasteiger charge is 2.12. The van der Waals surface area contributed by atoms with Gasteiger partial charge in [0.15, 0.2) is 0 Å². The molecule has 0 aliphatic carbocycles. The van der Waals surface area contributed by atoms with Gasteiger partial charge in [0.05, 0.1) is 23.5 Å². The van der Waals surface area contributed by atoms with Gasteiger partial charge < -0.3 is 14.4 Å². The first kappa shape index (κ1) is 11.6. The molecule has 4 nitrogen and oxygen atoms in total. The number of nitrogens with zero attached hydrogens (tertiary/aromatic N) is 1. The molecule has 0 unspecified atom stereocenters. The lowest BCUT2D eigenvalue weighted by molar-refractivity contribution is 0.415. The molecule has 0 saturated carbocycles. The topological polar surface area (TPSA) is 51.5 Å². The summed E-state index contributed by atoms with van der Waals surface area (Å²) in [4.78, 5) is 12.4. The number of hydrogen-bond acceptors (Lipinski definition) is 3. The van der Waals surface area contributed by atoms with Crippen LogP contribution in [0, 0.1) is 0 Å². The monoisotopic (exact) mass is 255 g/mol. The van der Waals surface area contributed by atoms with Gasteiger partial charge in [0.25, 0.3) is 0 Å². The number of benzene rings is 2. The lowest BCUT2D eigenvalue weighted by Gasteiger charge is -2.12. The molecule has 0 aliphatic heterocycles. The number of aromatic hydroxyl groups is 1. The lowest BCUT2D eigenvalue weighted by atomic mass is 10.1. The average Bonchev–Trinajstić information content (AvgIpc) is 2.44. The van der Waals surface area contributed by atoms with Gasteiger partial charge in [-0.15, -0.1) is 0 Å². The van der Waals surface area contributed by atoms with E-state index in [0.29, 0.717) is 22.0 Å². The second-order valence-electron chi connectivity index (χ2n) is 4.44. The molecule has 19 heavy (non-hydrogen) atoms. The van der Waals surface area contributed by atoms with Crippen LogP contribution in [-0.2, 0) is 7.05 Å². The molecule has 0 spiro atoms. The van der Waals surface area contributed by atoms with Crippen LogP contribution in [0.2, 0.25) is 0 Å². The van der Waals surface area contributed by atoms with E-state index in [2.05, 4.69) is 0 Å². The highest BCUT2D eigenvalue weighted by atomic mass is 16.5. The fourth-order valence-corrected chi connectivity index (χ4v) is 2.41. The van der Waals surface area contributed by atoms with E-state index in [1.165, 1.54) is 6.07 Å². The molecular formula is C15H13NO3. The highest BCUT2D eigenvalue weighted by molar-refractivity contribution is 5.96. The number of aryl methyl sites for hydroxylation is 1. The summed E-state index contributed by atoms with van der Waals surface area (Å²) < 4.78 is 7.07. The third-order valence-corrected chi connectivity index (χ3v) is 3.42. The summed E-state index contributed by atoms with van der Waals surface area (Å²) in [5.74, 6) is 0.706. The van der Waals surface area contributed by atoms with E-state index in [0.717, 1.165) is 5.52 Å². The zero-order valence-corrected chi connectivity index (χ0v) is 10.7. The number of pyridine rings is 1. The van der Waals surface area contributed by atoms with E-state index in [1.807, 2.05) is 23.7 Å². The molecule has 3 rings (SSSR count). The predicted octanol–water partition coefficient (Wildman–Crippen LogP) is 2.41. The minimum Gasteiger partial charge on any atom is -0.507 e. The van der Waals surface area contributed by atoms with E-state index in [9.17, 15) is 9.90 Å².